The van der Waals surface area contributed by atoms with Gasteiger partial charge >= 0.3 is 5.82 Å². The van der Waals surface area contributed by atoms with Gasteiger partial charge in [-0.15, -0.1) is 0 Å². The highest BCUT2D eigenvalue weighted by Gasteiger charge is 2.25. The van der Waals surface area contributed by atoms with Crippen LogP contribution in [-0.4, -0.2) is 69.7 Å². The molecule has 10 heteroatoms. The molecule has 1 aliphatic heterocycles. The highest BCUT2D eigenvalue weighted by atomic mass is 16.5. The Balaban J connectivity index is 1.18. The third-order valence-electron chi connectivity index (χ3n) is 7.87. The van der Waals surface area contributed by atoms with Crippen LogP contribution >= 0.6 is 0 Å². The van der Waals surface area contributed by atoms with Crippen molar-refractivity contribution in [2.45, 2.75) is 51.5 Å². The van der Waals surface area contributed by atoms with Gasteiger partial charge in [0.15, 0.2) is 17.5 Å². The molecule has 0 aliphatic carbocycles. The third-order valence-corrected chi connectivity index (χ3v) is 7.87. The van der Waals surface area contributed by atoms with Crippen molar-refractivity contribution in [2.75, 3.05) is 43.4 Å². The number of carbonyl (C=O) groups excluding carboxylic acids is 1. The molecule has 4 aromatic rings. The zero-order valence-corrected chi connectivity index (χ0v) is 25.4. The highest BCUT2D eigenvalue weighted by molar-refractivity contribution is 5.83. The van der Waals surface area contributed by atoms with Gasteiger partial charge in [0.2, 0.25) is 5.88 Å². The molecule has 1 aromatic carbocycles. The van der Waals surface area contributed by atoms with Crippen molar-refractivity contribution in [1.29, 1.82) is 0 Å². The number of anilines is 2. The lowest BCUT2D eigenvalue weighted by atomic mass is 10.1. The molecular weight excluding hydrogens is 554 g/mol. The number of fused-ring (bicyclic) bond motifs is 1. The second kappa shape index (κ2) is 15.8. The first-order valence-corrected chi connectivity index (χ1v) is 15.5. The van der Waals surface area contributed by atoms with Crippen molar-refractivity contribution in [1.82, 2.24) is 19.9 Å². The van der Waals surface area contributed by atoms with E-state index < -0.39 is 6.04 Å². The van der Waals surface area contributed by atoms with Crippen molar-refractivity contribution < 1.29 is 19.5 Å². The van der Waals surface area contributed by atoms with Gasteiger partial charge in [0.1, 0.15) is 18.6 Å². The van der Waals surface area contributed by atoms with Crippen molar-refractivity contribution in [3.8, 4) is 17.1 Å². The van der Waals surface area contributed by atoms with Gasteiger partial charge < -0.3 is 15.3 Å². The van der Waals surface area contributed by atoms with Crippen molar-refractivity contribution in [3.63, 3.8) is 0 Å². The first-order valence-electron chi connectivity index (χ1n) is 15.5. The minimum absolute atomic E-state index is 0.00751. The van der Waals surface area contributed by atoms with E-state index in [0.717, 1.165) is 67.0 Å². The highest BCUT2D eigenvalue weighted by Crippen LogP contribution is 2.20. The summed E-state index contributed by atoms with van der Waals surface area (Å²) in [6, 6.07) is 19.0. The summed E-state index contributed by atoms with van der Waals surface area (Å²) < 4.78 is 6.95. The molecule has 3 aromatic heterocycles. The molecule has 0 radical (unpaired) electrons. The number of pyridine rings is 2. The maximum atomic E-state index is 12.7. The second-order valence-corrected chi connectivity index (χ2v) is 11.1. The molecule has 4 heterocycles. The van der Waals surface area contributed by atoms with Crippen molar-refractivity contribution in [2.24, 2.45) is 0 Å². The quantitative estimate of drug-likeness (QED) is 0.0971. The minimum atomic E-state index is -0.493. The molecule has 10 nitrogen and oxygen atoms in total. The van der Waals surface area contributed by atoms with Gasteiger partial charge in [-0.2, -0.15) is 0 Å². The maximum Gasteiger partial charge on any atom is 0.333 e. The fourth-order valence-electron chi connectivity index (χ4n) is 5.39. The third kappa shape index (κ3) is 8.73. The monoisotopic (exact) mass is 596 g/mol. The Morgan fingerprint density at radius 1 is 1.07 bits per heavy atom. The Labute approximate surface area is 259 Å². The molecule has 1 atom stereocenters. The molecule has 44 heavy (non-hydrogen) atoms. The van der Waals surface area contributed by atoms with E-state index in [-0.39, 0.29) is 5.78 Å². The molecule has 0 unspecified atom stereocenters. The lowest BCUT2D eigenvalue weighted by Gasteiger charge is -2.24. The Kier molecular flexibility index (Phi) is 11.1. The van der Waals surface area contributed by atoms with Crippen LogP contribution in [0.25, 0.3) is 11.3 Å². The van der Waals surface area contributed by atoms with Gasteiger partial charge in [-0.25, -0.2) is 9.97 Å². The number of ketones is 1. The van der Waals surface area contributed by atoms with Crippen LogP contribution in [-0.2, 0) is 17.6 Å². The summed E-state index contributed by atoms with van der Waals surface area (Å²) in [7, 11) is 0. The average molecular weight is 597 g/mol. The van der Waals surface area contributed by atoms with E-state index in [1.807, 2.05) is 48.5 Å². The first kappa shape index (κ1) is 30.9. The Bertz CT molecular complexity index is 1490. The lowest BCUT2D eigenvalue weighted by Crippen LogP contribution is -2.42. The molecule has 0 saturated carbocycles. The van der Waals surface area contributed by atoms with Crippen LogP contribution in [0.4, 0.5) is 11.6 Å². The molecule has 0 bridgehead atoms. The van der Waals surface area contributed by atoms with Crippen LogP contribution in [0.15, 0.2) is 79.3 Å². The summed E-state index contributed by atoms with van der Waals surface area (Å²) in [5.41, 5.74) is 3.79. The molecular formula is C34H42N7O3+. The van der Waals surface area contributed by atoms with Gasteiger partial charge in [-0.05, 0) is 68.0 Å². The molecule has 5 rings (SSSR count). The number of benzene rings is 1. The second-order valence-electron chi connectivity index (χ2n) is 11.1. The molecule has 0 fully saturated rings. The smallest absolute Gasteiger partial charge is 0.333 e. The molecule has 0 spiro atoms. The van der Waals surface area contributed by atoms with Crippen molar-refractivity contribution >= 4 is 17.4 Å². The number of Topliss-reactive ketones (excluding diaryl/α,β-unsaturated/α-hetero) is 1. The van der Waals surface area contributed by atoms with E-state index in [9.17, 15) is 10.0 Å². The molecule has 1 aliphatic rings. The number of hydrogen-bond donors (Lipinski definition) is 3. The number of hydrogen-bond acceptors (Lipinski definition) is 9. The molecule has 230 valence electrons. The van der Waals surface area contributed by atoms with E-state index in [4.69, 9.17) is 9.72 Å². The summed E-state index contributed by atoms with van der Waals surface area (Å²) >= 11 is 0. The SMILES string of the molecule is CC(=O)[C@H](CCN(CCCCc1ccc2c(n1)NCCC2)CCOc1ccccn1)Nc1cncc(-c2ccccc2)[n+]1O. The van der Waals surface area contributed by atoms with Crippen molar-refractivity contribution in [3.05, 3.63) is 90.5 Å². The zero-order chi connectivity index (χ0) is 30.6. The van der Waals surface area contributed by atoms with Gasteiger partial charge in [0, 0.05) is 49.6 Å². The number of unbranched alkanes of at least 4 members (excludes halogenated alkanes) is 1. The van der Waals surface area contributed by atoms with E-state index in [1.54, 1.807) is 19.3 Å². The molecule has 3 N–H and O–H groups in total. The van der Waals surface area contributed by atoms with Gasteiger partial charge in [-0.1, -0.05) is 42.5 Å². The topological polar surface area (TPSA) is 116 Å². The normalized spacial score (nSPS) is 13.1. The van der Waals surface area contributed by atoms with E-state index in [1.165, 1.54) is 11.8 Å². The summed E-state index contributed by atoms with van der Waals surface area (Å²) in [5.74, 6) is 2.00. The molecule has 0 amide bonds. The maximum absolute atomic E-state index is 12.7. The van der Waals surface area contributed by atoms with Crippen LogP contribution < -0.4 is 20.1 Å². The number of rotatable bonds is 16. The minimum Gasteiger partial charge on any atom is -0.476 e. The number of aromatic nitrogens is 4. The fraction of sp³-hybridized carbons (Fsp3) is 0.382. The number of nitrogens with one attached hydrogen (secondary N) is 2. The summed E-state index contributed by atoms with van der Waals surface area (Å²) in [5, 5.41) is 17.6. The number of aryl methyl sites for hydroxylation is 2. The van der Waals surface area contributed by atoms with E-state index >= 15 is 0 Å². The van der Waals surface area contributed by atoms with Gasteiger partial charge in [0.25, 0.3) is 0 Å². The molecule has 0 saturated heterocycles. The lowest BCUT2D eigenvalue weighted by molar-refractivity contribution is -0.885. The Morgan fingerprint density at radius 2 is 1.93 bits per heavy atom. The predicted molar refractivity (Wildman–Crippen MR) is 170 cm³/mol. The van der Waals surface area contributed by atoms with Crippen LogP contribution in [0, 0.1) is 0 Å². The number of carbonyl (C=O) groups is 1. The average Bonchev–Trinajstić information content (AvgIpc) is 3.06. The van der Waals surface area contributed by atoms with Crippen LogP contribution in [0.2, 0.25) is 0 Å². The van der Waals surface area contributed by atoms with Crippen LogP contribution in [0.3, 0.4) is 0 Å². The number of ether oxygens (including phenoxy) is 1. The summed E-state index contributed by atoms with van der Waals surface area (Å²) in [4.78, 5) is 28.4. The summed E-state index contributed by atoms with van der Waals surface area (Å²) in [6.07, 6.45) is 10.6. The van der Waals surface area contributed by atoms with E-state index in [2.05, 4.69) is 37.6 Å². The predicted octanol–water partition coefficient (Wildman–Crippen LogP) is 4.59. The summed E-state index contributed by atoms with van der Waals surface area (Å²) in [6.45, 7) is 5.30. The van der Waals surface area contributed by atoms with Gasteiger partial charge in [0.05, 0.1) is 6.20 Å². The zero-order valence-electron chi connectivity index (χ0n) is 25.4. The van der Waals surface area contributed by atoms with Crippen LogP contribution in [0.1, 0.15) is 43.9 Å². The Hall–Kier alpha value is -4.57. The standard InChI is InChI=1S/C34H41N7O3/c1-26(42)30(39-32-25-35-24-31(41(32)43)27-10-3-2-4-11-27)17-21-40(22-23-44-33-14-5-7-18-36-33)20-8-6-13-29-16-15-28-12-9-19-37-34(28)38-29/h2-5,7,10-11,14-16,18,24-25,30,43H,6,8-9,12-13,17,19-23H2,1H3,(H,37,38)/p+1/t30-/m0/s1. The Morgan fingerprint density at radius 3 is 2.75 bits per heavy atom. The number of nitrogens with zero attached hydrogens (tertiary/aromatic N) is 5. The van der Waals surface area contributed by atoms with E-state index in [0.29, 0.717) is 43.5 Å². The van der Waals surface area contributed by atoms with Crippen LogP contribution in [0.5, 0.6) is 5.88 Å². The largest absolute Gasteiger partial charge is 0.476 e. The fourth-order valence-corrected chi connectivity index (χ4v) is 5.39. The van der Waals surface area contributed by atoms with Gasteiger partial charge in [-0.3, -0.25) is 20.0 Å². The first-order chi connectivity index (χ1) is 21.6.